The molecule has 10 atom stereocenters. The summed E-state index contributed by atoms with van der Waals surface area (Å²) < 4.78 is 0. The lowest BCUT2D eigenvalue weighted by atomic mass is 9.98. The third kappa shape index (κ3) is 25.5. The highest BCUT2D eigenvalue weighted by Gasteiger charge is 2.42. The Balaban J connectivity index is 2.20. The fourth-order valence-corrected chi connectivity index (χ4v) is 9.37. The molecule has 0 aromatic heterocycles. The van der Waals surface area contributed by atoms with Crippen molar-refractivity contribution in [2.45, 2.75) is 166 Å². The van der Waals surface area contributed by atoms with Crippen LogP contribution in [0.3, 0.4) is 0 Å². The minimum Gasteiger partial charge on any atom is -0.508 e. The first-order chi connectivity index (χ1) is 41.4. The molecule has 1 fully saturated rings. The molecule has 1 unspecified atom stereocenters. The highest BCUT2D eigenvalue weighted by Crippen LogP contribution is 2.22. The van der Waals surface area contributed by atoms with Gasteiger partial charge in [0.15, 0.2) is 0 Å². The van der Waals surface area contributed by atoms with E-state index < -0.39 is 200 Å². The molecule has 1 aromatic carbocycles. The minimum atomic E-state index is -1.73. The van der Waals surface area contributed by atoms with Crippen molar-refractivity contribution in [1.29, 1.82) is 0 Å². The quantitative estimate of drug-likeness (QED) is 0.0275. The number of hydrogen-bond donors (Lipinski definition) is 16. The number of primary amides is 1. The molecule has 490 valence electrons. The third-order valence-electron chi connectivity index (χ3n) is 13.7. The number of rotatable bonds is 39. The Morgan fingerprint density at radius 2 is 1.09 bits per heavy atom. The first-order valence-electron chi connectivity index (χ1n) is 28.4. The number of aliphatic hydroxyl groups excluding tert-OH is 2. The molecule has 0 saturated carbocycles. The number of phenols is 1. The Kier molecular flexibility index (Phi) is 32.6. The van der Waals surface area contributed by atoms with Gasteiger partial charge < -0.3 is 89.3 Å². The van der Waals surface area contributed by atoms with Crippen LogP contribution in [0.2, 0.25) is 0 Å². The van der Waals surface area contributed by atoms with Crippen LogP contribution in [0.5, 0.6) is 5.75 Å². The number of Topliss-reactive ketones (excluding diaryl/α,β-unsaturated/α-hetero) is 1. The number of aliphatic carboxylic acids is 2. The van der Waals surface area contributed by atoms with Crippen LogP contribution in [0.15, 0.2) is 24.3 Å². The molecule has 0 radical (unpaired) electrons. The van der Waals surface area contributed by atoms with Crippen LogP contribution in [0.1, 0.15) is 105 Å². The number of nitrogens with two attached hydrogens (primary N) is 1. The Morgan fingerprint density at radius 1 is 0.602 bits per heavy atom. The molecule has 1 aliphatic heterocycles. The van der Waals surface area contributed by atoms with Crippen molar-refractivity contribution in [2.24, 2.45) is 17.6 Å². The van der Waals surface area contributed by atoms with E-state index in [0.29, 0.717) is 12.0 Å². The van der Waals surface area contributed by atoms with Crippen molar-refractivity contribution >= 4 is 100 Å². The number of ketones is 1. The number of thioether (sulfide) groups is 1. The average molecular weight is 1270 g/mol. The van der Waals surface area contributed by atoms with Gasteiger partial charge >= 0.3 is 11.9 Å². The zero-order chi connectivity index (χ0) is 66.5. The van der Waals surface area contributed by atoms with E-state index >= 15 is 0 Å². The molecule has 12 amide bonds. The maximum Gasteiger partial charge on any atom is 0.303 e. The molecule has 2 rings (SSSR count). The molecule has 1 saturated heterocycles. The number of nitrogens with one attached hydrogen (secondary N) is 10. The number of benzene rings is 1. The van der Waals surface area contributed by atoms with Gasteiger partial charge in [0.2, 0.25) is 70.8 Å². The lowest BCUT2D eigenvalue weighted by molar-refractivity contribution is -0.144. The minimum absolute atomic E-state index is 0.0243. The Morgan fingerprint density at radius 3 is 1.60 bits per heavy atom. The van der Waals surface area contributed by atoms with Crippen LogP contribution in [0.4, 0.5) is 0 Å². The lowest BCUT2D eigenvalue weighted by Gasteiger charge is -2.33. The number of amides is 12. The highest BCUT2D eigenvalue weighted by molar-refractivity contribution is 7.98. The summed E-state index contributed by atoms with van der Waals surface area (Å²) in [6.45, 7) is 6.29. The molecular weight excluding hydrogens is 1180 g/mol. The first-order valence-corrected chi connectivity index (χ1v) is 29.8. The summed E-state index contributed by atoms with van der Waals surface area (Å²) in [6, 6.07) is -9.09. The fourth-order valence-electron chi connectivity index (χ4n) is 8.89. The number of carboxylic acid groups (broad SMARTS) is 2. The molecule has 1 heterocycles. The van der Waals surface area contributed by atoms with Crippen LogP contribution >= 0.6 is 11.8 Å². The van der Waals surface area contributed by atoms with Crippen molar-refractivity contribution in [1.82, 2.24) is 58.1 Å². The van der Waals surface area contributed by atoms with E-state index in [4.69, 9.17) is 10.8 Å². The predicted octanol–water partition coefficient (Wildman–Crippen LogP) is -4.94. The summed E-state index contributed by atoms with van der Waals surface area (Å²) in [7, 11) is 0. The van der Waals surface area contributed by atoms with Gasteiger partial charge in [-0.3, -0.25) is 71.9 Å². The Bertz CT molecular complexity index is 2660. The molecule has 88 heavy (non-hydrogen) atoms. The van der Waals surface area contributed by atoms with E-state index in [0.717, 1.165) is 6.92 Å². The van der Waals surface area contributed by atoms with Crippen molar-refractivity contribution in [2.75, 3.05) is 38.3 Å². The SMILES string of the molecule is CCC[C@H](NC(=O)C1CCCN1C(=O)[C@@H](NC(=O)[C@@H](NC(=O)[C@H](CCC(=O)O)NC(=O)[C@H](CCC(=O)O)NC(C)=O)C(C)C)C(C)C)C(=O)C(=O)NCC(=O)N[C@H](CCSC)C(=O)N[C@H](CO)C(=O)N[C@@H](Cc1ccc(O)cc1)C(=O)N[C@@H](CO)C(N)=O. The molecule has 0 bridgehead atoms. The molecular formula is C55H84N12O20S. The first kappa shape index (κ1) is 75.6. The zero-order valence-electron chi connectivity index (χ0n) is 50.1. The fraction of sp³-hybridized carbons (Fsp3) is 0.618. The van der Waals surface area contributed by atoms with Crippen LogP contribution in [0, 0.1) is 11.8 Å². The summed E-state index contributed by atoms with van der Waals surface area (Å²) in [4.78, 5) is 197. The molecule has 17 N–H and O–H groups in total. The van der Waals surface area contributed by atoms with Crippen LogP contribution < -0.4 is 58.9 Å². The van der Waals surface area contributed by atoms with Gasteiger partial charge in [0.1, 0.15) is 60.1 Å². The number of aromatic hydroxyl groups is 1. The topological polar surface area (TPSA) is 507 Å². The molecule has 0 aliphatic carbocycles. The van der Waals surface area contributed by atoms with Gasteiger partial charge in [-0.15, -0.1) is 0 Å². The number of carbonyl (C=O) groups is 15. The molecule has 32 nitrogen and oxygen atoms in total. The van der Waals surface area contributed by atoms with E-state index in [1.165, 1.54) is 40.9 Å². The number of carbonyl (C=O) groups excluding carboxylic acids is 13. The average Bonchev–Trinajstić information content (AvgIpc) is 3.98. The molecule has 0 spiro atoms. The van der Waals surface area contributed by atoms with Crippen LogP contribution in [-0.4, -0.2) is 218 Å². The number of likely N-dealkylation sites (tertiary alicyclic amines) is 1. The van der Waals surface area contributed by atoms with Gasteiger partial charge in [0.25, 0.3) is 5.91 Å². The highest BCUT2D eigenvalue weighted by atomic mass is 32.2. The second-order valence-corrected chi connectivity index (χ2v) is 22.4. The van der Waals surface area contributed by atoms with Crippen molar-refractivity contribution in [3.05, 3.63) is 29.8 Å². The summed E-state index contributed by atoms with van der Waals surface area (Å²) in [6.07, 6.45) is -0.0515. The maximum atomic E-state index is 14.3. The third-order valence-corrected chi connectivity index (χ3v) is 14.4. The van der Waals surface area contributed by atoms with Crippen molar-refractivity contribution in [3.63, 3.8) is 0 Å². The number of aliphatic hydroxyl groups is 2. The van der Waals surface area contributed by atoms with Crippen molar-refractivity contribution in [3.8, 4) is 5.75 Å². The maximum absolute atomic E-state index is 14.3. The zero-order valence-corrected chi connectivity index (χ0v) is 51.0. The monoisotopic (exact) mass is 1260 g/mol. The van der Waals surface area contributed by atoms with E-state index in [1.54, 1.807) is 40.9 Å². The predicted molar refractivity (Wildman–Crippen MR) is 312 cm³/mol. The van der Waals surface area contributed by atoms with Crippen LogP contribution in [-0.2, 0) is 78.3 Å². The number of carboxylic acids is 2. The molecule has 33 heteroatoms. The molecule has 1 aromatic rings. The van der Waals surface area contributed by atoms with E-state index in [1.807, 2.05) is 0 Å². The Labute approximate surface area is 511 Å². The second-order valence-electron chi connectivity index (χ2n) is 21.4. The summed E-state index contributed by atoms with van der Waals surface area (Å²) in [5.41, 5.74) is 5.65. The number of phenolic OH excluding ortho intramolecular Hbond substituents is 1. The number of hydrogen-bond acceptors (Lipinski definition) is 19. The van der Waals surface area contributed by atoms with Gasteiger partial charge in [-0.2, -0.15) is 11.8 Å². The van der Waals surface area contributed by atoms with Gasteiger partial charge in [0.05, 0.1) is 25.8 Å². The van der Waals surface area contributed by atoms with Crippen LogP contribution in [0.25, 0.3) is 0 Å². The van der Waals surface area contributed by atoms with Gasteiger partial charge in [-0.05, 0) is 80.1 Å². The smallest absolute Gasteiger partial charge is 0.303 e. The largest absolute Gasteiger partial charge is 0.508 e. The standard InChI is InChI=1S/C55H84N12O20S/c1-8-10-32(45(77)54(86)57-24-40(72)59-35(20-22-88-7)48(80)64-38(26-69)51(83)62-36(23-30-12-14-31(71)15-13-30)50(82)63-37(25-68)46(56)78)60-52(84)39-11-9-21-67(39)55(87)44(28(4)5)66-53(85)43(27(2)3)65-49(81)34(17-19-42(75)76)61-47(79)33(58-29(6)70)16-18-41(73)74/h12-15,27-28,32-39,43-44,68-69,71H,8-11,16-26H2,1-7H3,(H2,56,78)(H,57,86)(H,58,70)(H,59,72)(H,60,84)(H,61,79)(H,62,83)(H,63,82)(H,64,80)(H,65,81)(H,66,85)(H,73,74)(H,75,76)/t32-,33-,34-,35+,36-,37-,38+,39?,43-,44-/m0/s1. The van der Waals surface area contributed by atoms with Gasteiger partial charge in [-0.25, -0.2) is 0 Å². The Hall–Kier alpha value is -8.46. The van der Waals surface area contributed by atoms with E-state index in [2.05, 4.69) is 53.2 Å². The summed E-state index contributed by atoms with van der Waals surface area (Å²) in [5, 5.41) is 71.7. The summed E-state index contributed by atoms with van der Waals surface area (Å²) in [5.74, 6) is -16.5. The second kappa shape index (κ2) is 38.0. The van der Waals surface area contributed by atoms with E-state index in [-0.39, 0.29) is 56.6 Å². The summed E-state index contributed by atoms with van der Waals surface area (Å²) >= 11 is 1.28. The normalized spacial score (nSPS) is 15.9. The van der Waals surface area contributed by atoms with Gasteiger partial charge in [-0.1, -0.05) is 53.2 Å². The lowest BCUT2D eigenvalue weighted by Crippen LogP contribution is -2.61. The molecule has 1 aliphatic rings. The van der Waals surface area contributed by atoms with Crippen molar-refractivity contribution < 1.29 is 97.5 Å². The van der Waals surface area contributed by atoms with E-state index in [9.17, 15) is 92.3 Å². The number of nitrogens with zero attached hydrogens (tertiary/aromatic N) is 1. The van der Waals surface area contributed by atoms with Gasteiger partial charge in [0, 0.05) is 32.7 Å².